The molecule has 3 heterocycles. The molecule has 150 valence electrons. The second kappa shape index (κ2) is 7.91. The molecule has 1 aromatic rings. The van der Waals surface area contributed by atoms with Crippen LogP contribution >= 0.6 is 0 Å². The molecule has 1 aliphatic carbocycles. The Morgan fingerprint density at radius 2 is 1.89 bits per heavy atom. The third kappa shape index (κ3) is 4.37. The summed E-state index contributed by atoms with van der Waals surface area (Å²) in [6.45, 7) is 2.22. The first-order valence-electron chi connectivity index (χ1n) is 10.2. The highest BCUT2D eigenvalue weighted by atomic mass is 32.2. The number of hydrogen-bond donors (Lipinski definition) is 1. The largest absolute Gasteiger partial charge is 0.335 e. The highest BCUT2D eigenvalue weighted by Gasteiger charge is 2.39. The van der Waals surface area contributed by atoms with Crippen LogP contribution in [0, 0.1) is 0 Å². The van der Waals surface area contributed by atoms with Gasteiger partial charge in [-0.05, 0) is 51.3 Å². The van der Waals surface area contributed by atoms with Gasteiger partial charge in [0.2, 0.25) is 5.91 Å². The third-order valence-electron chi connectivity index (χ3n) is 6.52. The minimum Gasteiger partial charge on any atom is -0.335 e. The molecule has 1 amide bonds. The molecule has 1 N–H and O–H groups in total. The molecule has 2 saturated heterocycles. The third-order valence-corrected chi connectivity index (χ3v) is 8.27. The summed E-state index contributed by atoms with van der Waals surface area (Å²) in [6.07, 6.45) is 8.77. The molecule has 27 heavy (non-hydrogen) atoms. The predicted molar refractivity (Wildman–Crippen MR) is 103 cm³/mol. The van der Waals surface area contributed by atoms with Gasteiger partial charge in [0.05, 0.1) is 18.1 Å². The Labute approximate surface area is 161 Å². The molecule has 8 heteroatoms. The van der Waals surface area contributed by atoms with E-state index in [9.17, 15) is 13.2 Å². The van der Waals surface area contributed by atoms with Gasteiger partial charge < -0.3 is 4.90 Å². The molecule has 0 aromatic carbocycles. The van der Waals surface area contributed by atoms with E-state index in [1.807, 2.05) is 11.0 Å². The lowest BCUT2D eigenvalue weighted by molar-refractivity contribution is -0.137. The minimum absolute atomic E-state index is 0.117. The summed E-state index contributed by atoms with van der Waals surface area (Å²) in [4.78, 5) is 17.4. The van der Waals surface area contributed by atoms with Gasteiger partial charge in [0, 0.05) is 29.9 Å². The predicted octanol–water partition coefficient (Wildman–Crippen LogP) is 1.55. The molecule has 7 nitrogen and oxygen atoms in total. The van der Waals surface area contributed by atoms with E-state index < -0.39 is 9.84 Å². The molecule has 0 bridgehead atoms. The SMILES string of the molecule is O=C(CN1CCC(c2ccn[nH]2)CC1)N(C1CCCC1)[C@@H]1CCS(=O)(=O)C1. The van der Waals surface area contributed by atoms with Crippen LogP contribution in [0.1, 0.15) is 56.6 Å². The first kappa shape index (κ1) is 18.9. The Bertz CT molecular complexity index is 735. The number of nitrogens with zero attached hydrogens (tertiary/aromatic N) is 3. The molecular weight excluding hydrogens is 364 g/mol. The first-order valence-corrected chi connectivity index (χ1v) is 12.1. The number of sulfone groups is 1. The Kier molecular flexibility index (Phi) is 5.55. The van der Waals surface area contributed by atoms with Crippen molar-refractivity contribution in [1.29, 1.82) is 0 Å². The van der Waals surface area contributed by atoms with Crippen LogP contribution < -0.4 is 0 Å². The molecule has 2 aliphatic heterocycles. The molecule has 0 spiro atoms. The van der Waals surface area contributed by atoms with Gasteiger partial charge in [0.1, 0.15) is 0 Å². The number of amides is 1. The lowest BCUT2D eigenvalue weighted by atomic mass is 9.93. The summed E-state index contributed by atoms with van der Waals surface area (Å²) in [5.41, 5.74) is 1.18. The molecule has 4 rings (SSSR count). The molecule has 1 aromatic heterocycles. The lowest BCUT2D eigenvalue weighted by Gasteiger charge is -2.37. The van der Waals surface area contributed by atoms with Crippen molar-refractivity contribution in [1.82, 2.24) is 20.0 Å². The Morgan fingerprint density at radius 3 is 2.48 bits per heavy atom. The summed E-state index contributed by atoms with van der Waals surface area (Å²) < 4.78 is 23.9. The highest BCUT2D eigenvalue weighted by Crippen LogP contribution is 2.30. The van der Waals surface area contributed by atoms with E-state index in [-0.39, 0.29) is 29.5 Å². The zero-order chi connectivity index (χ0) is 18.9. The summed E-state index contributed by atoms with van der Waals surface area (Å²) in [6, 6.07) is 2.15. The van der Waals surface area contributed by atoms with E-state index in [4.69, 9.17) is 0 Å². The van der Waals surface area contributed by atoms with Crippen molar-refractivity contribution in [2.75, 3.05) is 31.1 Å². The van der Waals surface area contributed by atoms with Crippen LogP contribution in [0.5, 0.6) is 0 Å². The fraction of sp³-hybridized carbons (Fsp3) is 0.789. The summed E-state index contributed by atoms with van der Waals surface area (Å²) >= 11 is 0. The average Bonchev–Trinajstić information content (AvgIpc) is 3.38. The number of carbonyl (C=O) groups excluding carboxylic acids is 1. The molecule has 3 fully saturated rings. The normalized spacial score (nSPS) is 27.2. The number of likely N-dealkylation sites (tertiary alicyclic amines) is 1. The Balaban J connectivity index is 1.37. The number of nitrogens with one attached hydrogen (secondary N) is 1. The summed E-state index contributed by atoms with van der Waals surface area (Å²) in [7, 11) is -2.99. The van der Waals surface area contributed by atoms with E-state index in [0.717, 1.165) is 51.6 Å². The van der Waals surface area contributed by atoms with Gasteiger partial charge in [-0.15, -0.1) is 0 Å². The number of aromatic nitrogens is 2. The second-order valence-corrected chi connectivity index (χ2v) is 10.6. The number of H-pyrrole nitrogens is 1. The van der Waals surface area contributed by atoms with Gasteiger partial charge in [0.15, 0.2) is 9.84 Å². The van der Waals surface area contributed by atoms with E-state index in [0.29, 0.717) is 18.9 Å². The maximum absolute atomic E-state index is 13.2. The first-order chi connectivity index (χ1) is 13.0. The van der Waals surface area contributed by atoms with Gasteiger partial charge in [-0.2, -0.15) is 5.10 Å². The number of aromatic amines is 1. The molecular formula is C19H30N4O3S. The second-order valence-electron chi connectivity index (χ2n) is 8.36. The number of piperidine rings is 1. The fourth-order valence-electron chi connectivity index (χ4n) is 5.05. The van der Waals surface area contributed by atoms with E-state index >= 15 is 0 Å². The average molecular weight is 395 g/mol. The minimum atomic E-state index is -2.99. The van der Waals surface area contributed by atoms with Gasteiger partial charge in [-0.25, -0.2) is 8.42 Å². The zero-order valence-corrected chi connectivity index (χ0v) is 16.7. The lowest BCUT2D eigenvalue weighted by Crippen LogP contribution is -2.51. The van der Waals surface area contributed by atoms with Crippen molar-refractivity contribution in [3.05, 3.63) is 18.0 Å². The van der Waals surface area contributed by atoms with Crippen molar-refractivity contribution in [3.8, 4) is 0 Å². The molecule has 1 saturated carbocycles. The van der Waals surface area contributed by atoms with Crippen LogP contribution in [0.15, 0.2) is 12.3 Å². The van der Waals surface area contributed by atoms with Crippen molar-refractivity contribution in [2.24, 2.45) is 0 Å². The monoisotopic (exact) mass is 394 g/mol. The molecule has 1 atom stereocenters. The maximum Gasteiger partial charge on any atom is 0.237 e. The van der Waals surface area contributed by atoms with Crippen LogP contribution in [-0.4, -0.2) is 77.5 Å². The Morgan fingerprint density at radius 1 is 1.15 bits per heavy atom. The van der Waals surface area contributed by atoms with Crippen LogP contribution in [0.25, 0.3) is 0 Å². The van der Waals surface area contributed by atoms with E-state index in [1.165, 1.54) is 5.69 Å². The number of hydrogen-bond acceptors (Lipinski definition) is 5. The van der Waals surface area contributed by atoms with Crippen molar-refractivity contribution in [3.63, 3.8) is 0 Å². The van der Waals surface area contributed by atoms with Crippen LogP contribution in [0.3, 0.4) is 0 Å². The van der Waals surface area contributed by atoms with Crippen molar-refractivity contribution >= 4 is 15.7 Å². The van der Waals surface area contributed by atoms with Gasteiger partial charge in [0.25, 0.3) is 0 Å². The summed E-state index contributed by atoms with van der Waals surface area (Å²) in [5.74, 6) is 0.995. The van der Waals surface area contributed by atoms with Crippen LogP contribution in [0.4, 0.5) is 0 Å². The zero-order valence-electron chi connectivity index (χ0n) is 15.8. The standard InChI is InChI=1S/C19H30N4O3S/c24-19(13-22-10-6-15(7-11-22)18-5-9-20-21-18)23(16-3-1-2-4-16)17-8-12-27(25,26)14-17/h5,9,15-17H,1-4,6-8,10-14H2,(H,20,21)/t17-/m1/s1. The number of carbonyl (C=O) groups is 1. The van der Waals surface area contributed by atoms with Crippen molar-refractivity contribution in [2.45, 2.75) is 62.9 Å². The molecule has 3 aliphatic rings. The summed E-state index contributed by atoms with van der Waals surface area (Å²) in [5, 5.41) is 7.10. The van der Waals surface area contributed by atoms with Crippen molar-refractivity contribution < 1.29 is 13.2 Å². The maximum atomic E-state index is 13.2. The van der Waals surface area contributed by atoms with Crippen LogP contribution in [0.2, 0.25) is 0 Å². The van der Waals surface area contributed by atoms with Gasteiger partial charge >= 0.3 is 0 Å². The van der Waals surface area contributed by atoms with E-state index in [2.05, 4.69) is 15.1 Å². The molecule has 0 radical (unpaired) electrons. The van der Waals surface area contributed by atoms with Crippen LogP contribution in [-0.2, 0) is 14.6 Å². The number of rotatable bonds is 5. The molecule has 0 unspecified atom stereocenters. The topological polar surface area (TPSA) is 86.4 Å². The fourth-order valence-corrected chi connectivity index (χ4v) is 6.76. The van der Waals surface area contributed by atoms with E-state index in [1.54, 1.807) is 6.20 Å². The Hall–Kier alpha value is -1.41. The highest BCUT2D eigenvalue weighted by molar-refractivity contribution is 7.91. The smallest absolute Gasteiger partial charge is 0.237 e. The quantitative estimate of drug-likeness (QED) is 0.819. The van der Waals surface area contributed by atoms with Gasteiger partial charge in [-0.3, -0.25) is 14.8 Å². The van der Waals surface area contributed by atoms with Gasteiger partial charge in [-0.1, -0.05) is 12.8 Å².